The maximum Gasteiger partial charge on any atom is 0.254 e. The first kappa shape index (κ1) is 15.2. The van der Waals surface area contributed by atoms with Crippen molar-refractivity contribution < 1.29 is 23.7 Å². The monoisotopic (exact) mass is 343 g/mol. The number of hydrogen-bond donors (Lipinski definition) is 0. The Hall–Kier alpha value is -2.05. The van der Waals surface area contributed by atoms with E-state index in [0.29, 0.717) is 19.5 Å². The molecule has 6 heteroatoms. The maximum absolute atomic E-state index is 13.1. The summed E-state index contributed by atoms with van der Waals surface area (Å²) in [7, 11) is 0. The van der Waals surface area contributed by atoms with E-state index in [9.17, 15) is 4.79 Å². The van der Waals surface area contributed by atoms with Crippen LogP contribution in [0.25, 0.3) is 5.57 Å². The molecule has 6 nitrogen and oxygen atoms in total. The number of fused-ring (bicyclic) bond motifs is 7. The van der Waals surface area contributed by atoms with Crippen molar-refractivity contribution in [2.24, 2.45) is 0 Å². The van der Waals surface area contributed by atoms with Crippen LogP contribution in [0.3, 0.4) is 0 Å². The summed E-state index contributed by atoms with van der Waals surface area (Å²) in [5, 5.41) is 0. The molecule has 1 saturated heterocycles. The summed E-state index contributed by atoms with van der Waals surface area (Å²) < 4.78 is 23.0. The van der Waals surface area contributed by atoms with E-state index in [0.717, 1.165) is 29.0 Å². The summed E-state index contributed by atoms with van der Waals surface area (Å²) in [6.45, 7) is 5.21. The molecule has 5 rings (SSSR count). The lowest BCUT2D eigenvalue weighted by Crippen LogP contribution is -2.43. The van der Waals surface area contributed by atoms with E-state index in [1.807, 2.05) is 30.9 Å². The molecule has 1 fully saturated rings. The van der Waals surface area contributed by atoms with E-state index < -0.39 is 11.9 Å². The fourth-order valence-electron chi connectivity index (χ4n) is 4.14. The molecule has 0 saturated carbocycles. The first-order valence-electron chi connectivity index (χ1n) is 8.76. The lowest BCUT2D eigenvalue weighted by atomic mass is 9.95. The smallest absolute Gasteiger partial charge is 0.254 e. The number of amides is 1. The number of rotatable bonds is 0. The van der Waals surface area contributed by atoms with Crippen LogP contribution < -0.4 is 9.47 Å². The van der Waals surface area contributed by atoms with E-state index in [-0.39, 0.29) is 18.8 Å². The van der Waals surface area contributed by atoms with Gasteiger partial charge in [0.15, 0.2) is 23.4 Å². The Kier molecular flexibility index (Phi) is 3.18. The molecular weight excluding hydrogens is 322 g/mol. The molecule has 1 amide bonds. The van der Waals surface area contributed by atoms with Gasteiger partial charge in [-0.1, -0.05) is 6.08 Å². The van der Waals surface area contributed by atoms with Gasteiger partial charge in [0.1, 0.15) is 0 Å². The van der Waals surface area contributed by atoms with E-state index in [1.54, 1.807) is 0 Å². The van der Waals surface area contributed by atoms with Crippen LogP contribution in [0.1, 0.15) is 37.8 Å². The summed E-state index contributed by atoms with van der Waals surface area (Å²) in [5.41, 5.74) is 3.48. The van der Waals surface area contributed by atoms with Gasteiger partial charge in [-0.15, -0.1) is 0 Å². The van der Waals surface area contributed by atoms with Crippen LogP contribution in [0.15, 0.2) is 18.2 Å². The fraction of sp³-hybridized carbons (Fsp3) is 0.526. The highest BCUT2D eigenvalue weighted by Gasteiger charge is 2.47. The molecule has 25 heavy (non-hydrogen) atoms. The predicted octanol–water partition coefficient (Wildman–Crippen LogP) is 2.45. The number of ether oxygens (including phenoxy) is 4. The van der Waals surface area contributed by atoms with Crippen LogP contribution in [-0.2, 0) is 20.8 Å². The fourth-order valence-corrected chi connectivity index (χ4v) is 4.14. The third-order valence-electron chi connectivity index (χ3n) is 5.29. The second-order valence-corrected chi connectivity index (χ2v) is 7.43. The molecular formula is C19H21NO5. The number of benzene rings is 1. The van der Waals surface area contributed by atoms with Crippen molar-refractivity contribution in [3.63, 3.8) is 0 Å². The Morgan fingerprint density at radius 3 is 2.80 bits per heavy atom. The van der Waals surface area contributed by atoms with Gasteiger partial charge >= 0.3 is 0 Å². The predicted molar refractivity (Wildman–Crippen MR) is 89.0 cm³/mol. The van der Waals surface area contributed by atoms with Crippen molar-refractivity contribution in [1.82, 2.24) is 4.90 Å². The molecule has 4 aliphatic heterocycles. The van der Waals surface area contributed by atoms with Gasteiger partial charge in [0, 0.05) is 13.1 Å². The maximum atomic E-state index is 13.1. The molecule has 0 radical (unpaired) electrons. The Morgan fingerprint density at radius 2 is 1.96 bits per heavy atom. The summed E-state index contributed by atoms with van der Waals surface area (Å²) in [4.78, 5) is 15.0. The van der Waals surface area contributed by atoms with Crippen molar-refractivity contribution in [1.29, 1.82) is 0 Å². The quantitative estimate of drug-likeness (QED) is 0.724. The first-order valence-corrected chi connectivity index (χ1v) is 8.76. The van der Waals surface area contributed by atoms with Crippen molar-refractivity contribution in [3.8, 4) is 11.5 Å². The average molecular weight is 343 g/mol. The van der Waals surface area contributed by atoms with Crippen LogP contribution in [-0.4, -0.2) is 42.1 Å². The molecule has 4 heterocycles. The van der Waals surface area contributed by atoms with Gasteiger partial charge in [-0.25, -0.2) is 0 Å². The summed E-state index contributed by atoms with van der Waals surface area (Å²) in [6, 6.07) is 4.05. The Bertz CT molecular complexity index is 784. The van der Waals surface area contributed by atoms with Crippen molar-refractivity contribution >= 4 is 11.5 Å². The van der Waals surface area contributed by atoms with Crippen molar-refractivity contribution in [3.05, 3.63) is 29.3 Å². The molecule has 2 bridgehead atoms. The minimum atomic E-state index is -0.729. The molecule has 4 aliphatic rings. The Morgan fingerprint density at radius 1 is 1.16 bits per heavy atom. The van der Waals surface area contributed by atoms with E-state index in [4.69, 9.17) is 18.9 Å². The minimum Gasteiger partial charge on any atom is -0.454 e. The second-order valence-electron chi connectivity index (χ2n) is 7.43. The number of carbonyl (C=O) groups excluding carboxylic acids is 1. The summed E-state index contributed by atoms with van der Waals surface area (Å²) in [6.07, 6.45) is 2.90. The van der Waals surface area contributed by atoms with Gasteiger partial charge in [-0.05, 0) is 55.5 Å². The van der Waals surface area contributed by atoms with Crippen molar-refractivity contribution in [2.75, 3.05) is 13.3 Å². The van der Waals surface area contributed by atoms with Crippen LogP contribution in [0.5, 0.6) is 11.5 Å². The van der Waals surface area contributed by atoms with Crippen LogP contribution in [0, 0.1) is 0 Å². The van der Waals surface area contributed by atoms with E-state index in [2.05, 4.69) is 6.08 Å². The van der Waals surface area contributed by atoms with E-state index in [1.165, 1.54) is 5.57 Å². The average Bonchev–Trinajstić information content (AvgIpc) is 3.10. The zero-order valence-corrected chi connectivity index (χ0v) is 14.4. The Labute approximate surface area is 146 Å². The van der Waals surface area contributed by atoms with Crippen LogP contribution in [0.2, 0.25) is 0 Å². The Balaban J connectivity index is 1.60. The van der Waals surface area contributed by atoms with Crippen LogP contribution in [0.4, 0.5) is 0 Å². The molecule has 0 aromatic heterocycles. The number of hydrogen-bond acceptors (Lipinski definition) is 5. The molecule has 0 spiro atoms. The van der Waals surface area contributed by atoms with Gasteiger partial charge < -0.3 is 23.8 Å². The standard InChI is InChI=1S/C19H21NO5/c1-19(2)24-14-4-3-11-5-6-20(18(21)17(14)25-19)9-12-7-15-16(8-13(11)12)23-10-22-15/h3,7-8,14,17H,4-6,9-10H2,1-2H3/t14-,17-/m1/s1. The molecule has 1 aromatic rings. The zero-order valence-electron chi connectivity index (χ0n) is 14.4. The van der Waals surface area contributed by atoms with Crippen molar-refractivity contribution in [2.45, 2.75) is 51.2 Å². The van der Waals surface area contributed by atoms with Crippen LogP contribution >= 0.6 is 0 Å². The minimum absolute atomic E-state index is 0.00995. The molecule has 0 aliphatic carbocycles. The number of carbonyl (C=O) groups is 1. The largest absolute Gasteiger partial charge is 0.454 e. The number of nitrogens with zero attached hydrogens (tertiary/aromatic N) is 1. The SMILES string of the molecule is CC1(C)O[C@@H]2CC=C3CCN(Cc4cc5c(cc43)OCO5)C(=O)[C@@H]2O1. The first-order chi connectivity index (χ1) is 12.0. The molecule has 2 atom stereocenters. The van der Waals surface area contributed by atoms with Gasteiger partial charge in [0.25, 0.3) is 5.91 Å². The third kappa shape index (κ3) is 2.43. The highest BCUT2D eigenvalue weighted by molar-refractivity contribution is 5.84. The van der Waals surface area contributed by atoms with Gasteiger partial charge in [0.05, 0.1) is 6.10 Å². The van der Waals surface area contributed by atoms with Gasteiger partial charge in [-0.3, -0.25) is 4.79 Å². The van der Waals surface area contributed by atoms with Gasteiger partial charge in [-0.2, -0.15) is 0 Å². The molecule has 0 unspecified atom stereocenters. The molecule has 1 aromatic carbocycles. The lowest BCUT2D eigenvalue weighted by molar-refractivity contribution is -0.161. The lowest BCUT2D eigenvalue weighted by Gasteiger charge is -2.25. The normalized spacial score (nSPS) is 29.3. The molecule has 132 valence electrons. The van der Waals surface area contributed by atoms with E-state index >= 15 is 0 Å². The zero-order chi connectivity index (χ0) is 17.2. The second kappa shape index (κ2) is 5.22. The molecule has 0 N–H and O–H groups in total. The van der Waals surface area contributed by atoms with Gasteiger partial charge in [0.2, 0.25) is 6.79 Å². The summed E-state index contributed by atoms with van der Waals surface area (Å²) >= 11 is 0. The topological polar surface area (TPSA) is 57.2 Å². The highest BCUT2D eigenvalue weighted by Crippen LogP contribution is 2.41. The summed E-state index contributed by atoms with van der Waals surface area (Å²) in [5.74, 6) is 0.814. The highest BCUT2D eigenvalue weighted by atomic mass is 16.8. The third-order valence-corrected chi connectivity index (χ3v) is 5.29.